The van der Waals surface area contributed by atoms with Crippen molar-refractivity contribution in [1.82, 2.24) is 10.2 Å². The molecule has 5 nitrogen and oxygen atoms in total. The van der Waals surface area contributed by atoms with Crippen LogP contribution in [0.15, 0.2) is 59.0 Å². The van der Waals surface area contributed by atoms with Gasteiger partial charge < -0.3 is 9.32 Å². The lowest BCUT2D eigenvalue weighted by molar-refractivity contribution is -0.118. The van der Waals surface area contributed by atoms with Gasteiger partial charge in [0.2, 0.25) is 17.7 Å². The van der Waals surface area contributed by atoms with E-state index in [9.17, 15) is 4.79 Å². The molecular weight excluding hydrogens is 290 g/mol. The third kappa shape index (κ3) is 3.13. The van der Waals surface area contributed by atoms with E-state index in [1.165, 1.54) is 0 Å². The molecule has 5 heteroatoms. The SMILES string of the molecule is CCC(=O)N(C)c1ccc(-c2nnc(-c3ccccc3)o2)cc1. The quantitative estimate of drug-likeness (QED) is 0.736. The van der Waals surface area contributed by atoms with E-state index in [1.807, 2.05) is 61.5 Å². The lowest BCUT2D eigenvalue weighted by Crippen LogP contribution is -2.24. The van der Waals surface area contributed by atoms with Gasteiger partial charge in [-0.05, 0) is 36.4 Å². The molecule has 0 atom stereocenters. The number of benzene rings is 2. The van der Waals surface area contributed by atoms with E-state index in [1.54, 1.807) is 11.9 Å². The second-order valence-corrected chi connectivity index (χ2v) is 5.13. The van der Waals surface area contributed by atoms with Crippen LogP contribution in [0.4, 0.5) is 5.69 Å². The number of rotatable bonds is 4. The number of hydrogen-bond acceptors (Lipinski definition) is 4. The Morgan fingerprint density at radius 1 is 0.957 bits per heavy atom. The van der Waals surface area contributed by atoms with Crippen LogP contribution in [0.25, 0.3) is 22.9 Å². The summed E-state index contributed by atoms with van der Waals surface area (Å²) in [5.41, 5.74) is 2.54. The van der Waals surface area contributed by atoms with Crippen molar-refractivity contribution in [2.75, 3.05) is 11.9 Å². The molecule has 1 amide bonds. The standard InChI is InChI=1S/C18H17N3O2/c1-3-16(22)21(2)15-11-9-14(10-12-15)18-20-19-17(23-18)13-7-5-4-6-8-13/h4-12H,3H2,1-2H3. The van der Waals surface area contributed by atoms with Crippen molar-refractivity contribution >= 4 is 11.6 Å². The van der Waals surface area contributed by atoms with Crippen LogP contribution in [0, 0.1) is 0 Å². The molecule has 3 rings (SSSR count). The third-order valence-corrected chi connectivity index (χ3v) is 3.62. The summed E-state index contributed by atoms with van der Waals surface area (Å²) in [6.07, 6.45) is 0.475. The predicted octanol–water partition coefficient (Wildman–Crippen LogP) is 3.78. The highest BCUT2D eigenvalue weighted by Crippen LogP contribution is 2.25. The maximum absolute atomic E-state index is 11.7. The van der Waals surface area contributed by atoms with Crippen molar-refractivity contribution in [3.8, 4) is 22.9 Å². The van der Waals surface area contributed by atoms with E-state index in [-0.39, 0.29) is 5.91 Å². The molecule has 1 aromatic heterocycles. The highest BCUT2D eigenvalue weighted by atomic mass is 16.4. The number of anilines is 1. The van der Waals surface area contributed by atoms with Crippen molar-refractivity contribution in [2.24, 2.45) is 0 Å². The second-order valence-electron chi connectivity index (χ2n) is 5.13. The molecule has 0 saturated carbocycles. The van der Waals surface area contributed by atoms with Gasteiger partial charge in [0.1, 0.15) is 0 Å². The average Bonchev–Trinajstić information content (AvgIpc) is 3.11. The molecule has 3 aromatic rings. The molecular formula is C18H17N3O2. The number of carbonyl (C=O) groups is 1. The molecule has 0 aliphatic carbocycles. The first kappa shape index (κ1) is 15.0. The summed E-state index contributed by atoms with van der Waals surface area (Å²) in [5, 5.41) is 8.17. The molecule has 0 N–H and O–H groups in total. The Labute approximate surface area is 134 Å². The van der Waals surface area contributed by atoms with Crippen molar-refractivity contribution in [1.29, 1.82) is 0 Å². The van der Waals surface area contributed by atoms with Crippen molar-refractivity contribution in [2.45, 2.75) is 13.3 Å². The number of amides is 1. The zero-order valence-electron chi connectivity index (χ0n) is 13.1. The summed E-state index contributed by atoms with van der Waals surface area (Å²) >= 11 is 0. The number of hydrogen-bond donors (Lipinski definition) is 0. The first-order valence-electron chi connectivity index (χ1n) is 7.45. The normalized spacial score (nSPS) is 10.5. The van der Waals surface area contributed by atoms with Crippen LogP contribution < -0.4 is 4.90 Å². The fraction of sp³-hybridized carbons (Fsp3) is 0.167. The largest absolute Gasteiger partial charge is 0.416 e. The van der Waals surface area contributed by atoms with Gasteiger partial charge in [-0.15, -0.1) is 10.2 Å². The Bertz CT molecular complexity index is 795. The lowest BCUT2D eigenvalue weighted by atomic mass is 10.2. The van der Waals surface area contributed by atoms with Gasteiger partial charge in [0.25, 0.3) is 0 Å². The molecule has 0 fully saturated rings. The van der Waals surface area contributed by atoms with E-state index < -0.39 is 0 Å². The molecule has 23 heavy (non-hydrogen) atoms. The van der Waals surface area contributed by atoms with Gasteiger partial charge in [-0.25, -0.2) is 0 Å². The van der Waals surface area contributed by atoms with Gasteiger partial charge in [-0.1, -0.05) is 25.1 Å². The molecule has 0 spiro atoms. The number of nitrogens with zero attached hydrogens (tertiary/aromatic N) is 3. The Hall–Kier alpha value is -2.95. The van der Waals surface area contributed by atoms with E-state index in [2.05, 4.69) is 10.2 Å². The average molecular weight is 307 g/mol. The monoisotopic (exact) mass is 307 g/mol. The van der Waals surface area contributed by atoms with Gasteiger partial charge in [-0.3, -0.25) is 4.79 Å². The molecule has 1 heterocycles. The van der Waals surface area contributed by atoms with Crippen LogP contribution in [0.1, 0.15) is 13.3 Å². The molecule has 0 aliphatic heterocycles. The molecule has 116 valence electrons. The summed E-state index contributed by atoms with van der Waals surface area (Å²) < 4.78 is 5.72. The number of aromatic nitrogens is 2. The Kier molecular flexibility index (Phi) is 4.19. The van der Waals surface area contributed by atoms with Crippen molar-refractivity contribution in [3.63, 3.8) is 0 Å². The molecule has 0 bridgehead atoms. The van der Waals surface area contributed by atoms with Gasteiger partial charge >= 0.3 is 0 Å². The summed E-state index contributed by atoms with van der Waals surface area (Å²) in [6, 6.07) is 17.1. The van der Waals surface area contributed by atoms with E-state index in [0.29, 0.717) is 18.2 Å². The summed E-state index contributed by atoms with van der Waals surface area (Å²) in [4.78, 5) is 13.3. The van der Waals surface area contributed by atoms with Crippen molar-refractivity contribution < 1.29 is 9.21 Å². The summed E-state index contributed by atoms with van der Waals surface area (Å²) in [6.45, 7) is 1.84. The van der Waals surface area contributed by atoms with Crippen LogP contribution in [0.5, 0.6) is 0 Å². The zero-order chi connectivity index (χ0) is 16.2. The molecule has 0 aliphatic rings. The molecule has 0 unspecified atom stereocenters. The van der Waals surface area contributed by atoms with Crippen LogP contribution in [0.2, 0.25) is 0 Å². The fourth-order valence-corrected chi connectivity index (χ4v) is 2.25. The minimum absolute atomic E-state index is 0.0712. The van der Waals surface area contributed by atoms with Crippen LogP contribution >= 0.6 is 0 Å². The molecule has 0 radical (unpaired) electrons. The Morgan fingerprint density at radius 2 is 1.52 bits per heavy atom. The van der Waals surface area contributed by atoms with Gasteiger partial charge in [0.15, 0.2) is 0 Å². The summed E-state index contributed by atoms with van der Waals surface area (Å²) in [5.74, 6) is 1.02. The minimum Gasteiger partial charge on any atom is -0.416 e. The van der Waals surface area contributed by atoms with Gasteiger partial charge in [0, 0.05) is 30.3 Å². The molecule has 0 saturated heterocycles. The van der Waals surface area contributed by atoms with E-state index >= 15 is 0 Å². The topological polar surface area (TPSA) is 59.2 Å². The number of carbonyl (C=O) groups excluding carboxylic acids is 1. The van der Waals surface area contributed by atoms with Crippen molar-refractivity contribution in [3.05, 3.63) is 54.6 Å². The smallest absolute Gasteiger partial charge is 0.248 e. The lowest BCUT2D eigenvalue weighted by Gasteiger charge is -2.16. The maximum atomic E-state index is 11.7. The van der Waals surface area contributed by atoms with Crippen LogP contribution in [-0.4, -0.2) is 23.2 Å². The van der Waals surface area contributed by atoms with Crippen LogP contribution in [0.3, 0.4) is 0 Å². The fourth-order valence-electron chi connectivity index (χ4n) is 2.25. The highest BCUT2D eigenvalue weighted by molar-refractivity contribution is 5.92. The third-order valence-electron chi connectivity index (χ3n) is 3.62. The van der Waals surface area contributed by atoms with E-state index in [4.69, 9.17) is 4.42 Å². The molecule has 2 aromatic carbocycles. The predicted molar refractivity (Wildman–Crippen MR) is 88.9 cm³/mol. The first-order valence-corrected chi connectivity index (χ1v) is 7.45. The first-order chi connectivity index (χ1) is 11.2. The Morgan fingerprint density at radius 3 is 2.09 bits per heavy atom. The van der Waals surface area contributed by atoms with Gasteiger partial charge in [-0.2, -0.15) is 0 Å². The van der Waals surface area contributed by atoms with Crippen LogP contribution in [-0.2, 0) is 4.79 Å². The second kappa shape index (κ2) is 6.44. The Balaban J connectivity index is 1.83. The highest BCUT2D eigenvalue weighted by Gasteiger charge is 2.12. The summed E-state index contributed by atoms with van der Waals surface area (Å²) in [7, 11) is 1.76. The zero-order valence-corrected chi connectivity index (χ0v) is 13.1. The maximum Gasteiger partial charge on any atom is 0.248 e. The van der Waals surface area contributed by atoms with Gasteiger partial charge in [0.05, 0.1) is 0 Å². The van der Waals surface area contributed by atoms with E-state index in [0.717, 1.165) is 16.8 Å². The minimum atomic E-state index is 0.0712.